The number of ether oxygens (including phenoxy) is 2. The fourth-order valence-corrected chi connectivity index (χ4v) is 3.12. The second-order valence-corrected chi connectivity index (χ2v) is 5.29. The second kappa shape index (κ2) is 7.43. The smallest absolute Gasteiger partial charge is 0.170 e. The van der Waals surface area contributed by atoms with Crippen LogP contribution in [0.1, 0.15) is 33.1 Å². The maximum Gasteiger partial charge on any atom is 0.170 e. The third-order valence-corrected chi connectivity index (χ3v) is 4.03. The van der Waals surface area contributed by atoms with Gasteiger partial charge in [0.15, 0.2) is 6.29 Å². The molecule has 0 N–H and O–H groups in total. The number of rotatable bonds is 6. The van der Waals surface area contributed by atoms with Crippen LogP contribution in [0.25, 0.3) is 0 Å². The predicted octanol–water partition coefficient (Wildman–Crippen LogP) is 1.56. The highest BCUT2D eigenvalue weighted by Crippen LogP contribution is 2.21. The Morgan fingerprint density at radius 1 is 1.06 bits per heavy atom. The van der Waals surface area contributed by atoms with Gasteiger partial charge in [0.05, 0.1) is 0 Å². The average Bonchev–Trinajstić information content (AvgIpc) is 2.39. The lowest BCUT2D eigenvalue weighted by atomic mass is 9.99. The molecule has 4 heteroatoms. The molecule has 106 valence electrons. The largest absolute Gasteiger partial charge is 0.352 e. The van der Waals surface area contributed by atoms with Crippen molar-refractivity contribution in [2.75, 3.05) is 45.9 Å². The zero-order valence-corrected chi connectivity index (χ0v) is 11.9. The van der Waals surface area contributed by atoms with Crippen molar-refractivity contribution in [3.63, 3.8) is 0 Å². The second-order valence-electron chi connectivity index (χ2n) is 5.29. The summed E-state index contributed by atoms with van der Waals surface area (Å²) in [4.78, 5) is 5.18. The molecule has 2 saturated heterocycles. The SMILES string of the molecule is CCOC(CN1CCN2CCCCC2C1)OCC. The van der Waals surface area contributed by atoms with Crippen molar-refractivity contribution >= 4 is 0 Å². The Morgan fingerprint density at radius 2 is 1.83 bits per heavy atom. The van der Waals surface area contributed by atoms with E-state index in [1.807, 2.05) is 13.8 Å². The van der Waals surface area contributed by atoms with Crippen LogP contribution in [0.4, 0.5) is 0 Å². The van der Waals surface area contributed by atoms with Gasteiger partial charge in [-0.05, 0) is 33.2 Å². The van der Waals surface area contributed by atoms with Gasteiger partial charge in [0.1, 0.15) is 0 Å². The van der Waals surface area contributed by atoms with Gasteiger partial charge >= 0.3 is 0 Å². The summed E-state index contributed by atoms with van der Waals surface area (Å²) < 4.78 is 11.3. The molecule has 18 heavy (non-hydrogen) atoms. The van der Waals surface area contributed by atoms with Gasteiger partial charge in [-0.1, -0.05) is 6.42 Å². The average molecular weight is 256 g/mol. The Labute approximate surface area is 111 Å². The third kappa shape index (κ3) is 3.92. The summed E-state index contributed by atoms with van der Waals surface area (Å²) in [6.07, 6.45) is 4.10. The first-order valence-electron chi connectivity index (χ1n) is 7.53. The lowest BCUT2D eigenvalue weighted by Crippen LogP contribution is -2.56. The molecule has 0 aromatic carbocycles. The summed E-state index contributed by atoms with van der Waals surface area (Å²) in [7, 11) is 0. The van der Waals surface area contributed by atoms with E-state index in [4.69, 9.17) is 9.47 Å². The van der Waals surface area contributed by atoms with E-state index in [0.717, 1.165) is 32.3 Å². The normalized spacial score (nSPS) is 26.5. The van der Waals surface area contributed by atoms with E-state index < -0.39 is 0 Å². The van der Waals surface area contributed by atoms with Gasteiger partial charge in [-0.15, -0.1) is 0 Å². The van der Waals surface area contributed by atoms with Crippen LogP contribution in [0, 0.1) is 0 Å². The lowest BCUT2D eigenvalue weighted by molar-refractivity contribution is -0.151. The van der Waals surface area contributed by atoms with E-state index in [2.05, 4.69) is 9.80 Å². The molecule has 2 fully saturated rings. The minimum Gasteiger partial charge on any atom is -0.352 e. The number of hydrogen-bond donors (Lipinski definition) is 0. The van der Waals surface area contributed by atoms with E-state index in [0.29, 0.717) is 0 Å². The summed E-state index contributed by atoms with van der Waals surface area (Å²) >= 11 is 0. The van der Waals surface area contributed by atoms with Gasteiger partial charge in [0, 0.05) is 45.4 Å². The van der Waals surface area contributed by atoms with Crippen LogP contribution < -0.4 is 0 Å². The fraction of sp³-hybridized carbons (Fsp3) is 1.00. The van der Waals surface area contributed by atoms with E-state index in [9.17, 15) is 0 Å². The molecule has 2 aliphatic heterocycles. The van der Waals surface area contributed by atoms with Gasteiger partial charge in [-0.25, -0.2) is 0 Å². The van der Waals surface area contributed by atoms with Crippen LogP contribution >= 0.6 is 0 Å². The highest BCUT2D eigenvalue weighted by atomic mass is 16.7. The van der Waals surface area contributed by atoms with Crippen molar-refractivity contribution in [1.29, 1.82) is 0 Å². The minimum atomic E-state index is -0.0462. The van der Waals surface area contributed by atoms with E-state index in [1.165, 1.54) is 38.9 Å². The van der Waals surface area contributed by atoms with E-state index in [1.54, 1.807) is 0 Å². The molecule has 2 rings (SSSR count). The molecule has 2 aliphatic rings. The van der Waals surface area contributed by atoms with Crippen LogP contribution in [0.3, 0.4) is 0 Å². The molecule has 0 aromatic heterocycles. The number of nitrogens with zero attached hydrogens (tertiary/aromatic N) is 2. The van der Waals surface area contributed by atoms with E-state index in [-0.39, 0.29) is 6.29 Å². The zero-order valence-electron chi connectivity index (χ0n) is 11.9. The van der Waals surface area contributed by atoms with Crippen molar-refractivity contribution in [3.05, 3.63) is 0 Å². The van der Waals surface area contributed by atoms with Crippen LogP contribution in [-0.4, -0.2) is 68.1 Å². The predicted molar refractivity (Wildman–Crippen MR) is 72.7 cm³/mol. The molecule has 0 spiro atoms. The molecule has 1 atom stereocenters. The first kappa shape index (κ1) is 14.3. The lowest BCUT2D eigenvalue weighted by Gasteiger charge is -2.44. The van der Waals surface area contributed by atoms with Crippen molar-refractivity contribution in [2.45, 2.75) is 45.4 Å². The molecule has 0 aliphatic carbocycles. The Balaban J connectivity index is 1.78. The summed E-state index contributed by atoms with van der Waals surface area (Å²) in [5.41, 5.74) is 0. The molecule has 4 nitrogen and oxygen atoms in total. The minimum absolute atomic E-state index is 0.0462. The summed E-state index contributed by atoms with van der Waals surface area (Å²) in [6.45, 7) is 11.3. The maximum absolute atomic E-state index is 5.64. The quantitative estimate of drug-likeness (QED) is 0.673. The Kier molecular flexibility index (Phi) is 5.89. The highest BCUT2D eigenvalue weighted by molar-refractivity contribution is 4.85. The van der Waals surface area contributed by atoms with Gasteiger partial charge in [-0.3, -0.25) is 9.80 Å². The van der Waals surface area contributed by atoms with Crippen LogP contribution in [0.15, 0.2) is 0 Å². The van der Waals surface area contributed by atoms with Crippen molar-refractivity contribution < 1.29 is 9.47 Å². The molecule has 0 saturated carbocycles. The van der Waals surface area contributed by atoms with Crippen LogP contribution in [0.5, 0.6) is 0 Å². The van der Waals surface area contributed by atoms with Crippen molar-refractivity contribution in [1.82, 2.24) is 9.80 Å². The number of piperidine rings is 1. The Bertz CT molecular complexity index is 232. The standard InChI is InChI=1S/C14H28N2O2/c1-3-17-14(18-4-2)12-15-9-10-16-8-6-5-7-13(16)11-15/h13-14H,3-12H2,1-2H3. The zero-order chi connectivity index (χ0) is 12.8. The van der Waals surface area contributed by atoms with Crippen molar-refractivity contribution in [2.24, 2.45) is 0 Å². The topological polar surface area (TPSA) is 24.9 Å². The molecule has 0 amide bonds. The molecular formula is C14H28N2O2. The highest BCUT2D eigenvalue weighted by Gasteiger charge is 2.29. The van der Waals surface area contributed by atoms with Crippen LogP contribution in [0.2, 0.25) is 0 Å². The monoisotopic (exact) mass is 256 g/mol. The van der Waals surface area contributed by atoms with Gasteiger partial charge < -0.3 is 9.47 Å². The van der Waals surface area contributed by atoms with Gasteiger partial charge in [-0.2, -0.15) is 0 Å². The molecule has 0 aromatic rings. The number of fused-ring (bicyclic) bond motifs is 1. The molecule has 1 unspecified atom stereocenters. The number of hydrogen-bond acceptors (Lipinski definition) is 4. The first-order chi connectivity index (χ1) is 8.83. The first-order valence-corrected chi connectivity index (χ1v) is 7.53. The van der Waals surface area contributed by atoms with E-state index >= 15 is 0 Å². The molecule has 0 bridgehead atoms. The summed E-state index contributed by atoms with van der Waals surface area (Å²) in [5, 5.41) is 0. The summed E-state index contributed by atoms with van der Waals surface area (Å²) in [5.74, 6) is 0. The van der Waals surface area contributed by atoms with Gasteiger partial charge in [0.2, 0.25) is 0 Å². The maximum atomic E-state index is 5.64. The number of piperazine rings is 1. The molecule has 2 heterocycles. The third-order valence-electron chi connectivity index (χ3n) is 4.03. The molecular weight excluding hydrogens is 228 g/mol. The van der Waals surface area contributed by atoms with Crippen molar-refractivity contribution in [3.8, 4) is 0 Å². The summed E-state index contributed by atoms with van der Waals surface area (Å²) in [6, 6.07) is 0.774. The van der Waals surface area contributed by atoms with Crippen LogP contribution in [-0.2, 0) is 9.47 Å². The fourth-order valence-electron chi connectivity index (χ4n) is 3.12. The Hall–Kier alpha value is -0.160. The Morgan fingerprint density at radius 3 is 2.56 bits per heavy atom. The van der Waals surface area contributed by atoms with Gasteiger partial charge in [0.25, 0.3) is 0 Å². The molecule has 0 radical (unpaired) electrons.